The largest absolute Gasteiger partial charge is 0.512 e. The quantitative estimate of drug-likeness (QED) is 0.118. The minimum Gasteiger partial charge on any atom is -0.512 e. The summed E-state index contributed by atoms with van der Waals surface area (Å²) >= 11 is 0. The zero-order chi connectivity index (χ0) is 26.1. The zero-order valence-electron chi connectivity index (χ0n) is 22.1. The molecule has 0 atom stereocenters. The van der Waals surface area contributed by atoms with Crippen LogP contribution >= 0.6 is 0 Å². The van der Waals surface area contributed by atoms with E-state index in [9.17, 15) is 4.79 Å². The van der Waals surface area contributed by atoms with Crippen LogP contribution in [0.5, 0.6) is 0 Å². The van der Waals surface area contributed by atoms with Gasteiger partial charge in [0.2, 0.25) is 5.71 Å². The van der Waals surface area contributed by atoms with E-state index in [-0.39, 0.29) is 31.6 Å². The van der Waals surface area contributed by atoms with E-state index in [1.807, 2.05) is 19.2 Å². The molecular weight excluding hydrogens is 653 g/mol. The standard InChI is InChI=1S/C27H23N2O.C5H8O2.Ir/c1-16-13-23-22-9-7-17(2)29-27(22)30-26(23)24(14-16)25-21-10-8-19(18-5-3-4-6-18)15-20(21)11-12-28-25;1-4(6)3-5(2)7;/h7-13,15,18H,3-6H2,1-2H3;3,6H,1-2H3;/q-1;;/b;4-3-;. The van der Waals surface area contributed by atoms with Gasteiger partial charge in [0.05, 0.1) is 11.3 Å². The third-order valence-electron chi connectivity index (χ3n) is 6.91. The Kier molecular flexibility index (Phi) is 8.44. The van der Waals surface area contributed by atoms with Crippen molar-refractivity contribution in [2.24, 2.45) is 0 Å². The number of nitrogens with zero attached hydrogens (tertiary/aromatic N) is 2. The second kappa shape index (κ2) is 11.6. The molecule has 1 N–H and O–H groups in total. The number of benzene rings is 2. The van der Waals surface area contributed by atoms with Crippen LogP contribution in [0.2, 0.25) is 0 Å². The van der Waals surface area contributed by atoms with Gasteiger partial charge in [-0.2, -0.15) is 0 Å². The topological polar surface area (TPSA) is 76.2 Å². The van der Waals surface area contributed by atoms with Gasteiger partial charge in [-0.15, -0.1) is 17.7 Å². The second-order valence-electron chi connectivity index (χ2n) is 10.00. The van der Waals surface area contributed by atoms with Gasteiger partial charge >= 0.3 is 0 Å². The third kappa shape index (κ3) is 5.72. The second-order valence-corrected chi connectivity index (χ2v) is 10.00. The van der Waals surface area contributed by atoms with Gasteiger partial charge in [-0.1, -0.05) is 48.9 Å². The average molecular weight is 684 g/mol. The number of ketones is 1. The van der Waals surface area contributed by atoms with Crippen LogP contribution in [0.1, 0.15) is 62.3 Å². The maximum absolute atomic E-state index is 10.0. The molecule has 0 saturated heterocycles. The summed E-state index contributed by atoms with van der Waals surface area (Å²) in [5, 5.41) is 12.9. The van der Waals surface area contributed by atoms with Gasteiger partial charge in [0.15, 0.2) is 5.78 Å². The molecule has 0 aliphatic heterocycles. The number of hydrogen-bond donors (Lipinski definition) is 1. The van der Waals surface area contributed by atoms with Crippen molar-refractivity contribution < 1.29 is 34.4 Å². The molecule has 3 aromatic heterocycles. The summed E-state index contributed by atoms with van der Waals surface area (Å²) in [4.78, 5) is 19.4. The summed E-state index contributed by atoms with van der Waals surface area (Å²) in [7, 11) is 0. The Morgan fingerprint density at radius 1 is 1.03 bits per heavy atom. The number of fused-ring (bicyclic) bond motifs is 4. The first kappa shape index (κ1) is 27.7. The van der Waals surface area contributed by atoms with Gasteiger partial charge < -0.3 is 14.5 Å². The molecule has 0 unspecified atom stereocenters. The molecular formula is C32H31IrN2O3-. The molecule has 0 spiro atoms. The third-order valence-corrected chi connectivity index (χ3v) is 6.91. The SMILES string of the molecule is CC(=O)/C=C(/C)O.Cc1[c-]c(-c2nccc3cc(C4CCCC4)ccc23)c2oc3nc(C)ccc3c2c1.[Ir]. The Hall–Kier alpha value is -3.34. The summed E-state index contributed by atoms with van der Waals surface area (Å²) in [6, 6.07) is 18.8. The van der Waals surface area contributed by atoms with Gasteiger partial charge in [0.25, 0.3) is 0 Å². The van der Waals surface area contributed by atoms with Crippen LogP contribution in [0.4, 0.5) is 0 Å². The van der Waals surface area contributed by atoms with Crippen LogP contribution in [0.25, 0.3) is 44.1 Å². The Bertz CT molecular complexity index is 1660. The van der Waals surface area contributed by atoms with Crippen molar-refractivity contribution in [2.45, 2.75) is 59.3 Å². The van der Waals surface area contributed by atoms with Gasteiger partial charge in [-0.05, 0) is 79.8 Å². The number of hydrogen-bond acceptors (Lipinski definition) is 5. The number of allylic oxidation sites excluding steroid dienone is 2. The van der Waals surface area contributed by atoms with E-state index in [4.69, 9.17) is 14.5 Å². The number of carbonyl (C=O) groups excluding carboxylic acids is 1. The molecule has 6 heteroatoms. The van der Waals surface area contributed by atoms with Crippen LogP contribution in [0, 0.1) is 19.9 Å². The molecule has 3 heterocycles. The molecule has 0 amide bonds. The number of aliphatic hydroxyl groups excluding tert-OH is 1. The molecule has 1 aliphatic rings. The number of aliphatic hydroxyl groups is 1. The number of aromatic nitrogens is 2. The van der Waals surface area contributed by atoms with E-state index in [1.54, 1.807) is 0 Å². The molecule has 38 heavy (non-hydrogen) atoms. The van der Waals surface area contributed by atoms with Gasteiger partial charge in [0.1, 0.15) is 0 Å². The fourth-order valence-electron chi connectivity index (χ4n) is 5.29. The van der Waals surface area contributed by atoms with Crippen molar-refractivity contribution in [1.29, 1.82) is 0 Å². The van der Waals surface area contributed by atoms with Crippen molar-refractivity contribution in [2.75, 3.05) is 0 Å². The number of aryl methyl sites for hydroxylation is 2. The van der Waals surface area contributed by atoms with Crippen LogP contribution < -0.4 is 0 Å². The monoisotopic (exact) mass is 684 g/mol. The van der Waals surface area contributed by atoms with Crippen molar-refractivity contribution in [1.82, 2.24) is 9.97 Å². The minimum absolute atomic E-state index is 0. The number of rotatable bonds is 3. The van der Waals surface area contributed by atoms with Crippen molar-refractivity contribution in [3.8, 4) is 11.3 Å². The first-order valence-corrected chi connectivity index (χ1v) is 12.8. The first-order chi connectivity index (χ1) is 17.8. The molecule has 5 nitrogen and oxygen atoms in total. The molecule has 1 saturated carbocycles. The molecule has 5 aromatic rings. The van der Waals surface area contributed by atoms with Crippen molar-refractivity contribution in [3.63, 3.8) is 0 Å². The average Bonchev–Trinajstić information content (AvgIpc) is 3.50. The zero-order valence-corrected chi connectivity index (χ0v) is 24.5. The summed E-state index contributed by atoms with van der Waals surface area (Å²) in [5.41, 5.74) is 6.81. The first-order valence-electron chi connectivity index (χ1n) is 12.8. The Morgan fingerprint density at radius 3 is 2.45 bits per heavy atom. The Morgan fingerprint density at radius 2 is 1.76 bits per heavy atom. The maximum Gasteiger partial charge on any atom is 0.216 e. The fraction of sp³-hybridized carbons (Fsp3) is 0.281. The number of carbonyl (C=O) groups is 1. The summed E-state index contributed by atoms with van der Waals surface area (Å²) in [6.07, 6.45) is 8.38. The van der Waals surface area contributed by atoms with Crippen LogP contribution in [0.15, 0.2) is 64.9 Å². The number of pyridine rings is 2. The van der Waals surface area contributed by atoms with E-state index in [0.717, 1.165) is 44.3 Å². The van der Waals surface area contributed by atoms with E-state index in [2.05, 4.69) is 54.4 Å². The van der Waals surface area contributed by atoms with Gasteiger partial charge in [-0.25, -0.2) is 4.98 Å². The molecule has 1 aliphatic carbocycles. The van der Waals surface area contributed by atoms with Crippen molar-refractivity contribution >= 4 is 38.6 Å². The van der Waals surface area contributed by atoms with Crippen LogP contribution in [-0.2, 0) is 24.9 Å². The Balaban J connectivity index is 0.000000375. The summed E-state index contributed by atoms with van der Waals surface area (Å²) < 4.78 is 6.25. The number of furan rings is 1. The van der Waals surface area contributed by atoms with E-state index in [0.29, 0.717) is 11.6 Å². The predicted octanol–water partition coefficient (Wildman–Crippen LogP) is 8.31. The van der Waals surface area contributed by atoms with E-state index >= 15 is 0 Å². The fourth-order valence-corrected chi connectivity index (χ4v) is 5.29. The van der Waals surface area contributed by atoms with E-state index in [1.165, 1.54) is 56.6 Å². The summed E-state index contributed by atoms with van der Waals surface area (Å²) in [6.45, 7) is 6.91. The predicted molar refractivity (Wildman–Crippen MR) is 149 cm³/mol. The minimum atomic E-state index is -0.125. The normalized spacial score (nSPS) is 13.9. The van der Waals surface area contributed by atoms with E-state index < -0.39 is 0 Å². The smallest absolute Gasteiger partial charge is 0.216 e. The van der Waals surface area contributed by atoms with Gasteiger partial charge in [-0.3, -0.25) is 4.79 Å². The molecule has 197 valence electrons. The van der Waals surface area contributed by atoms with Crippen LogP contribution in [-0.4, -0.2) is 20.9 Å². The molecule has 0 bridgehead atoms. The molecule has 1 fully saturated rings. The molecule has 6 rings (SSSR count). The molecule has 2 aromatic carbocycles. The Labute approximate surface area is 236 Å². The maximum atomic E-state index is 10.0. The van der Waals surface area contributed by atoms with Crippen LogP contribution in [0.3, 0.4) is 0 Å². The summed E-state index contributed by atoms with van der Waals surface area (Å²) in [5.74, 6) is 0.639. The van der Waals surface area contributed by atoms with Gasteiger partial charge in [0, 0.05) is 43.5 Å². The van der Waals surface area contributed by atoms with Crippen molar-refractivity contribution in [3.05, 3.63) is 83.4 Å². The molecule has 1 radical (unpaired) electrons.